The minimum Gasteiger partial charge on any atom is -0.298 e. The van der Waals surface area contributed by atoms with Crippen molar-refractivity contribution in [2.75, 3.05) is 10.0 Å². The summed E-state index contributed by atoms with van der Waals surface area (Å²) in [6, 6.07) is 12.3. The van der Waals surface area contributed by atoms with Gasteiger partial charge in [-0.25, -0.2) is 13.4 Å². The van der Waals surface area contributed by atoms with Crippen molar-refractivity contribution < 1.29 is 13.2 Å². The van der Waals surface area contributed by atoms with Crippen LogP contribution in [0.3, 0.4) is 0 Å². The summed E-state index contributed by atoms with van der Waals surface area (Å²) in [5, 5.41) is 3.78. The number of aromatic nitrogens is 1. The maximum Gasteiger partial charge on any atom is 0.261 e. The van der Waals surface area contributed by atoms with Crippen molar-refractivity contribution in [2.24, 2.45) is 0 Å². The Bertz CT molecular complexity index is 1130. The molecule has 2 aromatic carbocycles. The molecule has 6 nitrogen and oxygen atoms in total. The summed E-state index contributed by atoms with van der Waals surface area (Å²) in [7, 11) is -3.86. The minimum atomic E-state index is -3.86. The number of nitrogens with zero attached hydrogens (tertiary/aromatic N) is 1. The number of anilines is 2. The Kier molecular flexibility index (Phi) is 5.58. The molecule has 0 fully saturated rings. The second kappa shape index (κ2) is 8.14. The molecule has 0 aliphatic heterocycles. The first kappa shape index (κ1) is 19.9. The molecule has 3 aromatic rings. The Morgan fingerprint density at radius 1 is 1.03 bits per heavy atom. The van der Waals surface area contributed by atoms with Crippen LogP contribution < -0.4 is 10.0 Å². The zero-order valence-corrected chi connectivity index (χ0v) is 17.7. The fraction of sp³-hybridized carbons (Fsp3) is 0.200. The van der Waals surface area contributed by atoms with E-state index in [1.54, 1.807) is 24.3 Å². The largest absolute Gasteiger partial charge is 0.298 e. The summed E-state index contributed by atoms with van der Waals surface area (Å²) in [5.74, 6) is -0.412. The highest BCUT2D eigenvalue weighted by Crippen LogP contribution is 2.30. The molecule has 0 saturated carbocycles. The number of rotatable bonds is 5. The Morgan fingerprint density at radius 3 is 2.52 bits per heavy atom. The highest BCUT2D eigenvalue weighted by atomic mass is 35.5. The van der Waals surface area contributed by atoms with E-state index >= 15 is 0 Å². The van der Waals surface area contributed by atoms with Crippen LogP contribution in [0, 0.1) is 0 Å². The van der Waals surface area contributed by atoms with E-state index in [0.29, 0.717) is 10.2 Å². The summed E-state index contributed by atoms with van der Waals surface area (Å²) in [6.07, 6.45) is 4.16. The van der Waals surface area contributed by atoms with Gasteiger partial charge in [-0.2, -0.15) is 0 Å². The smallest absolute Gasteiger partial charge is 0.261 e. The van der Waals surface area contributed by atoms with Gasteiger partial charge in [-0.05, 0) is 62.1 Å². The third-order valence-corrected chi connectivity index (χ3v) is 7.31. The topological polar surface area (TPSA) is 88.2 Å². The van der Waals surface area contributed by atoms with Crippen LogP contribution in [-0.2, 0) is 22.9 Å². The fourth-order valence-electron chi connectivity index (χ4n) is 3.16. The highest BCUT2D eigenvalue weighted by Gasteiger charge is 2.21. The van der Waals surface area contributed by atoms with E-state index in [1.165, 1.54) is 40.5 Å². The highest BCUT2D eigenvalue weighted by molar-refractivity contribution is 7.92. The average molecular weight is 448 g/mol. The molecule has 0 saturated heterocycles. The van der Waals surface area contributed by atoms with E-state index in [4.69, 9.17) is 11.6 Å². The third-order valence-electron chi connectivity index (χ3n) is 4.61. The van der Waals surface area contributed by atoms with Crippen LogP contribution in [0.2, 0.25) is 5.02 Å². The molecule has 1 aliphatic rings. The molecule has 9 heteroatoms. The van der Waals surface area contributed by atoms with Gasteiger partial charge >= 0.3 is 0 Å². The zero-order valence-electron chi connectivity index (χ0n) is 15.3. The van der Waals surface area contributed by atoms with Gasteiger partial charge in [-0.15, -0.1) is 11.3 Å². The molecule has 2 N–H and O–H groups in total. The van der Waals surface area contributed by atoms with Crippen LogP contribution in [-0.4, -0.2) is 19.3 Å². The molecule has 0 spiro atoms. The van der Waals surface area contributed by atoms with Crippen LogP contribution in [0.5, 0.6) is 0 Å². The van der Waals surface area contributed by atoms with Gasteiger partial charge in [0.15, 0.2) is 5.13 Å². The number of nitrogens with one attached hydrogen (secondary N) is 2. The number of para-hydroxylation sites is 1. The number of amides is 1. The molecule has 1 aromatic heterocycles. The van der Waals surface area contributed by atoms with Crippen LogP contribution in [0.1, 0.15) is 33.8 Å². The predicted molar refractivity (Wildman–Crippen MR) is 115 cm³/mol. The average Bonchev–Trinajstić information content (AvgIpc) is 3.10. The van der Waals surface area contributed by atoms with E-state index in [-0.39, 0.29) is 16.1 Å². The van der Waals surface area contributed by atoms with Gasteiger partial charge < -0.3 is 0 Å². The first-order chi connectivity index (χ1) is 13.9. The standard InChI is InChI=1S/C20H18ClN3O3S2/c21-13-9-11-14(12-10-13)29(26,27)24-16-6-2-1-5-15(16)19(25)23-20-22-17-7-3-4-8-18(17)28-20/h1-2,5-6,9-12,24H,3-4,7-8H2,(H,22,23,25). The fourth-order valence-corrected chi connectivity index (χ4v) is 5.41. The number of aryl methyl sites for hydroxylation is 2. The van der Waals surface area contributed by atoms with Gasteiger partial charge in [0.2, 0.25) is 0 Å². The van der Waals surface area contributed by atoms with Crippen LogP contribution in [0.4, 0.5) is 10.8 Å². The number of halogens is 1. The monoisotopic (exact) mass is 447 g/mol. The van der Waals surface area contributed by atoms with Crippen molar-refractivity contribution in [1.82, 2.24) is 4.98 Å². The molecule has 0 atom stereocenters. The van der Waals surface area contributed by atoms with Crippen LogP contribution in [0.25, 0.3) is 0 Å². The lowest BCUT2D eigenvalue weighted by Gasteiger charge is -2.12. The summed E-state index contributed by atoms with van der Waals surface area (Å²) < 4.78 is 27.9. The molecule has 1 heterocycles. The van der Waals surface area contributed by atoms with Crippen molar-refractivity contribution in [3.05, 3.63) is 69.7 Å². The van der Waals surface area contributed by atoms with Gasteiger partial charge in [0.1, 0.15) is 0 Å². The second-order valence-corrected chi connectivity index (χ2v) is 9.86. The lowest BCUT2D eigenvalue weighted by Crippen LogP contribution is -2.18. The molecule has 0 bridgehead atoms. The molecular weight excluding hydrogens is 430 g/mol. The molecule has 0 radical (unpaired) electrons. The van der Waals surface area contributed by atoms with Crippen molar-refractivity contribution in [3.63, 3.8) is 0 Å². The van der Waals surface area contributed by atoms with E-state index in [9.17, 15) is 13.2 Å². The number of fused-ring (bicyclic) bond motifs is 1. The molecule has 0 unspecified atom stereocenters. The summed E-state index contributed by atoms with van der Waals surface area (Å²) >= 11 is 7.31. The summed E-state index contributed by atoms with van der Waals surface area (Å²) in [6.45, 7) is 0. The first-order valence-corrected chi connectivity index (χ1v) is 11.8. The zero-order chi connectivity index (χ0) is 20.4. The molecule has 150 valence electrons. The van der Waals surface area contributed by atoms with E-state index in [1.807, 2.05) is 0 Å². The van der Waals surface area contributed by atoms with Gasteiger partial charge in [0.25, 0.3) is 15.9 Å². The van der Waals surface area contributed by atoms with Gasteiger partial charge in [-0.1, -0.05) is 23.7 Å². The minimum absolute atomic E-state index is 0.0599. The third kappa shape index (κ3) is 4.44. The van der Waals surface area contributed by atoms with Crippen molar-refractivity contribution in [1.29, 1.82) is 0 Å². The lowest BCUT2D eigenvalue weighted by molar-refractivity contribution is 0.102. The van der Waals surface area contributed by atoms with Gasteiger partial charge in [0.05, 0.1) is 21.8 Å². The number of carbonyl (C=O) groups is 1. The van der Waals surface area contributed by atoms with E-state index in [2.05, 4.69) is 15.0 Å². The van der Waals surface area contributed by atoms with E-state index in [0.717, 1.165) is 31.4 Å². The number of carbonyl (C=O) groups excluding carboxylic acids is 1. The van der Waals surface area contributed by atoms with Crippen LogP contribution >= 0.6 is 22.9 Å². The van der Waals surface area contributed by atoms with Crippen molar-refractivity contribution in [3.8, 4) is 0 Å². The lowest BCUT2D eigenvalue weighted by atomic mass is 10.0. The SMILES string of the molecule is O=C(Nc1nc2c(s1)CCCC2)c1ccccc1NS(=O)(=O)c1ccc(Cl)cc1. The Hall–Kier alpha value is -2.42. The first-order valence-electron chi connectivity index (χ1n) is 9.10. The van der Waals surface area contributed by atoms with E-state index < -0.39 is 15.9 Å². The molecule has 29 heavy (non-hydrogen) atoms. The summed E-state index contributed by atoms with van der Waals surface area (Å²) in [4.78, 5) is 18.6. The number of hydrogen-bond donors (Lipinski definition) is 2. The quantitative estimate of drug-likeness (QED) is 0.591. The summed E-state index contributed by atoms with van der Waals surface area (Å²) in [5.41, 5.74) is 1.47. The number of benzene rings is 2. The van der Waals surface area contributed by atoms with Gasteiger partial charge in [-0.3, -0.25) is 14.8 Å². The van der Waals surface area contributed by atoms with Crippen LogP contribution in [0.15, 0.2) is 53.4 Å². The normalized spacial score (nSPS) is 13.6. The predicted octanol–water partition coefficient (Wildman–Crippen LogP) is 4.73. The second-order valence-electron chi connectivity index (χ2n) is 6.66. The number of thiazole rings is 1. The van der Waals surface area contributed by atoms with Crippen molar-refractivity contribution >= 4 is 49.7 Å². The molecular formula is C20H18ClN3O3S2. The van der Waals surface area contributed by atoms with Gasteiger partial charge in [0, 0.05) is 9.90 Å². The Labute approximate surface area is 178 Å². The molecule has 4 rings (SSSR count). The molecule has 1 amide bonds. The Morgan fingerprint density at radius 2 is 1.76 bits per heavy atom. The maximum atomic E-state index is 12.8. The Balaban J connectivity index is 1.57. The maximum absolute atomic E-state index is 12.8. The van der Waals surface area contributed by atoms with Crippen molar-refractivity contribution in [2.45, 2.75) is 30.6 Å². The molecule has 1 aliphatic carbocycles. The number of sulfonamides is 1. The number of hydrogen-bond acceptors (Lipinski definition) is 5.